The van der Waals surface area contributed by atoms with E-state index in [-0.39, 0.29) is 36.8 Å². The van der Waals surface area contributed by atoms with Crippen molar-refractivity contribution in [2.24, 2.45) is 0 Å². The van der Waals surface area contributed by atoms with Gasteiger partial charge in [0.2, 0.25) is 5.91 Å². The number of hydrogen-bond acceptors (Lipinski definition) is 3. The van der Waals surface area contributed by atoms with E-state index in [1.54, 1.807) is 19.1 Å². The first-order chi connectivity index (χ1) is 14.2. The summed E-state index contributed by atoms with van der Waals surface area (Å²) in [5.41, 5.74) is 2.79. The lowest BCUT2D eigenvalue weighted by Crippen LogP contribution is -2.50. The zero-order chi connectivity index (χ0) is 22.3. The largest absolute Gasteiger partial charge is 0.483 e. The molecule has 5 nitrogen and oxygen atoms in total. The quantitative estimate of drug-likeness (QED) is 0.671. The molecule has 0 saturated heterocycles. The Labute approximate surface area is 178 Å². The fraction of sp³-hybridized carbons (Fsp3) is 0.417. The van der Waals surface area contributed by atoms with E-state index in [0.29, 0.717) is 5.75 Å². The predicted octanol–water partition coefficient (Wildman–Crippen LogP) is 4.15. The standard InChI is InChI=1S/C24H31FN2O3/c1-6-18(4)26-24(29)19(5)27(14-20-8-10-21(25)11-9-20)23(28)15-30-22-12-7-16(2)13-17(22)3/h7-13,18-19H,6,14-15H2,1-5H3,(H,26,29)/t18-,19-/m1/s1. The van der Waals surface area contributed by atoms with Gasteiger partial charge in [-0.05, 0) is 63.4 Å². The molecule has 0 saturated carbocycles. The molecule has 0 heterocycles. The molecular weight excluding hydrogens is 383 g/mol. The summed E-state index contributed by atoms with van der Waals surface area (Å²) in [6.07, 6.45) is 0.792. The Morgan fingerprint density at radius 3 is 2.37 bits per heavy atom. The first kappa shape index (κ1) is 23.4. The second-order valence-corrected chi connectivity index (χ2v) is 7.70. The number of carbonyl (C=O) groups excluding carboxylic acids is 2. The summed E-state index contributed by atoms with van der Waals surface area (Å²) in [5.74, 6) is -0.262. The molecule has 0 fully saturated rings. The van der Waals surface area contributed by atoms with E-state index in [1.165, 1.54) is 17.0 Å². The Kier molecular flexibility index (Phi) is 8.39. The molecule has 2 amide bonds. The van der Waals surface area contributed by atoms with Gasteiger partial charge in [-0.25, -0.2) is 4.39 Å². The van der Waals surface area contributed by atoms with E-state index >= 15 is 0 Å². The lowest BCUT2D eigenvalue weighted by Gasteiger charge is -2.29. The molecule has 0 radical (unpaired) electrons. The average molecular weight is 415 g/mol. The maximum atomic E-state index is 13.3. The van der Waals surface area contributed by atoms with E-state index in [0.717, 1.165) is 23.1 Å². The van der Waals surface area contributed by atoms with Crippen molar-refractivity contribution in [3.63, 3.8) is 0 Å². The molecule has 30 heavy (non-hydrogen) atoms. The number of amides is 2. The maximum absolute atomic E-state index is 13.3. The van der Waals surface area contributed by atoms with Gasteiger partial charge < -0.3 is 15.0 Å². The molecule has 0 aromatic heterocycles. The fourth-order valence-electron chi connectivity index (χ4n) is 3.02. The van der Waals surface area contributed by atoms with Crippen LogP contribution in [0.4, 0.5) is 4.39 Å². The van der Waals surface area contributed by atoms with Crippen molar-refractivity contribution in [2.75, 3.05) is 6.61 Å². The zero-order valence-electron chi connectivity index (χ0n) is 18.4. The van der Waals surface area contributed by atoms with Crippen LogP contribution in [0.1, 0.15) is 43.9 Å². The number of nitrogens with zero attached hydrogens (tertiary/aromatic N) is 1. The maximum Gasteiger partial charge on any atom is 0.261 e. The Balaban J connectivity index is 2.16. The third-order valence-corrected chi connectivity index (χ3v) is 5.12. The minimum Gasteiger partial charge on any atom is -0.483 e. The smallest absolute Gasteiger partial charge is 0.261 e. The summed E-state index contributed by atoms with van der Waals surface area (Å²) in [4.78, 5) is 27.1. The van der Waals surface area contributed by atoms with Crippen molar-refractivity contribution in [1.82, 2.24) is 10.2 Å². The SMILES string of the molecule is CC[C@@H](C)NC(=O)[C@@H](C)N(Cc1ccc(F)cc1)C(=O)COc1ccc(C)cc1C. The average Bonchev–Trinajstić information content (AvgIpc) is 2.71. The van der Waals surface area contributed by atoms with E-state index < -0.39 is 6.04 Å². The van der Waals surface area contributed by atoms with E-state index in [9.17, 15) is 14.0 Å². The molecule has 1 N–H and O–H groups in total. The van der Waals surface area contributed by atoms with Crippen LogP contribution in [0.3, 0.4) is 0 Å². The number of carbonyl (C=O) groups is 2. The molecule has 2 rings (SSSR count). The first-order valence-electron chi connectivity index (χ1n) is 10.3. The van der Waals surface area contributed by atoms with Gasteiger partial charge in [-0.3, -0.25) is 9.59 Å². The second-order valence-electron chi connectivity index (χ2n) is 7.70. The van der Waals surface area contributed by atoms with Crippen LogP contribution in [0.15, 0.2) is 42.5 Å². The van der Waals surface area contributed by atoms with Crippen LogP contribution in [0, 0.1) is 19.7 Å². The van der Waals surface area contributed by atoms with Crippen LogP contribution in [-0.2, 0) is 16.1 Å². The first-order valence-corrected chi connectivity index (χ1v) is 10.3. The summed E-state index contributed by atoms with van der Waals surface area (Å²) in [6, 6.07) is 11.0. The number of nitrogens with one attached hydrogen (secondary N) is 1. The molecular formula is C24H31FN2O3. The van der Waals surface area contributed by atoms with E-state index in [1.807, 2.05) is 45.9 Å². The van der Waals surface area contributed by atoms with Gasteiger partial charge in [-0.15, -0.1) is 0 Å². The van der Waals surface area contributed by atoms with Gasteiger partial charge in [-0.1, -0.05) is 36.8 Å². The number of benzene rings is 2. The van der Waals surface area contributed by atoms with Crippen LogP contribution < -0.4 is 10.1 Å². The molecule has 6 heteroatoms. The number of rotatable bonds is 9. The summed E-state index contributed by atoms with van der Waals surface area (Å²) in [6.45, 7) is 9.50. The lowest BCUT2D eigenvalue weighted by molar-refractivity contribution is -0.142. The van der Waals surface area contributed by atoms with Gasteiger partial charge in [0.25, 0.3) is 5.91 Å². The van der Waals surface area contributed by atoms with Crippen LogP contribution in [0.5, 0.6) is 5.75 Å². The molecule has 2 aromatic carbocycles. The normalized spacial score (nSPS) is 12.7. The summed E-state index contributed by atoms with van der Waals surface area (Å²) in [7, 11) is 0. The third-order valence-electron chi connectivity index (χ3n) is 5.12. The highest BCUT2D eigenvalue weighted by atomic mass is 19.1. The van der Waals surface area contributed by atoms with Crippen molar-refractivity contribution in [2.45, 2.75) is 59.7 Å². The van der Waals surface area contributed by atoms with Crippen molar-refractivity contribution in [3.05, 3.63) is 65.0 Å². The summed E-state index contributed by atoms with van der Waals surface area (Å²) in [5, 5.41) is 2.92. The van der Waals surface area contributed by atoms with Crippen molar-refractivity contribution >= 4 is 11.8 Å². The Bertz CT molecular complexity index is 867. The Hall–Kier alpha value is -2.89. The molecule has 2 atom stereocenters. The topological polar surface area (TPSA) is 58.6 Å². The minimum absolute atomic E-state index is 0.00850. The zero-order valence-corrected chi connectivity index (χ0v) is 18.4. The van der Waals surface area contributed by atoms with E-state index in [2.05, 4.69) is 5.32 Å². The predicted molar refractivity (Wildman–Crippen MR) is 116 cm³/mol. The van der Waals surface area contributed by atoms with Gasteiger partial charge >= 0.3 is 0 Å². The van der Waals surface area contributed by atoms with Crippen molar-refractivity contribution < 1.29 is 18.7 Å². The molecule has 2 aromatic rings. The highest BCUT2D eigenvalue weighted by Crippen LogP contribution is 2.19. The summed E-state index contributed by atoms with van der Waals surface area (Å²) < 4.78 is 19.0. The monoisotopic (exact) mass is 414 g/mol. The lowest BCUT2D eigenvalue weighted by atomic mass is 10.1. The highest BCUT2D eigenvalue weighted by Gasteiger charge is 2.27. The van der Waals surface area contributed by atoms with Crippen LogP contribution in [0.2, 0.25) is 0 Å². The number of aryl methyl sites for hydroxylation is 2. The summed E-state index contributed by atoms with van der Waals surface area (Å²) >= 11 is 0. The van der Waals surface area contributed by atoms with Crippen LogP contribution in [0.25, 0.3) is 0 Å². The molecule has 0 unspecified atom stereocenters. The molecule has 0 spiro atoms. The third kappa shape index (κ3) is 6.58. The Morgan fingerprint density at radius 1 is 1.10 bits per heavy atom. The molecule has 0 bridgehead atoms. The van der Waals surface area contributed by atoms with Gasteiger partial charge in [-0.2, -0.15) is 0 Å². The van der Waals surface area contributed by atoms with Crippen molar-refractivity contribution in [1.29, 1.82) is 0 Å². The van der Waals surface area contributed by atoms with Gasteiger partial charge in [0.1, 0.15) is 17.6 Å². The highest BCUT2D eigenvalue weighted by molar-refractivity contribution is 5.88. The fourth-order valence-corrected chi connectivity index (χ4v) is 3.02. The molecule has 0 aliphatic rings. The number of ether oxygens (including phenoxy) is 1. The van der Waals surface area contributed by atoms with Gasteiger partial charge in [0.05, 0.1) is 0 Å². The number of hydrogen-bond donors (Lipinski definition) is 1. The molecule has 162 valence electrons. The van der Waals surface area contributed by atoms with Gasteiger partial charge in [0, 0.05) is 12.6 Å². The van der Waals surface area contributed by atoms with Crippen LogP contribution in [-0.4, -0.2) is 35.4 Å². The minimum atomic E-state index is -0.695. The second kappa shape index (κ2) is 10.8. The van der Waals surface area contributed by atoms with Crippen LogP contribution >= 0.6 is 0 Å². The number of halogens is 1. The molecule has 0 aliphatic carbocycles. The van der Waals surface area contributed by atoms with E-state index in [4.69, 9.17) is 4.74 Å². The Morgan fingerprint density at radius 2 is 1.77 bits per heavy atom. The van der Waals surface area contributed by atoms with Gasteiger partial charge in [0.15, 0.2) is 6.61 Å². The molecule has 0 aliphatic heterocycles. The van der Waals surface area contributed by atoms with Crippen molar-refractivity contribution in [3.8, 4) is 5.75 Å².